The van der Waals surface area contributed by atoms with E-state index in [4.69, 9.17) is 5.11 Å². The summed E-state index contributed by atoms with van der Waals surface area (Å²) in [5.41, 5.74) is 0. The fraction of sp³-hybridized carbons (Fsp3) is 0.667. The molecule has 0 aliphatic carbocycles. The lowest BCUT2D eigenvalue weighted by Gasteiger charge is -1.89. The maximum atomic E-state index is 9.76. The summed E-state index contributed by atoms with van der Waals surface area (Å²) < 4.78 is 0. The van der Waals surface area contributed by atoms with Gasteiger partial charge in [-0.3, -0.25) is 4.79 Å². The average Bonchev–Trinajstić information content (AvgIpc) is 1.36. The third-order valence-corrected chi connectivity index (χ3v) is 0.731. The van der Waals surface area contributed by atoms with Gasteiger partial charge in [-0.1, -0.05) is 0 Å². The van der Waals surface area contributed by atoms with Crippen molar-refractivity contribution in [1.29, 1.82) is 0 Å². The first-order chi connectivity index (χ1) is 2.64. The summed E-state index contributed by atoms with van der Waals surface area (Å²) >= 11 is 3.30. The number of hydrogen-bond donors (Lipinski definition) is 4. The van der Waals surface area contributed by atoms with Gasteiger partial charge in [0.2, 0.25) is 5.12 Å². The van der Waals surface area contributed by atoms with Crippen molar-refractivity contribution in [3.63, 3.8) is 0 Å². The molecule has 0 bridgehead atoms. The summed E-state index contributed by atoms with van der Waals surface area (Å²) in [4.78, 5) is 9.76. The molecular weight excluding hydrogens is 128 g/mol. The zero-order valence-corrected chi connectivity index (χ0v) is 5.69. The highest BCUT2D eigenvalue weighted by Gasteiger charge is 1.98. The van der Waals surface area contributed by atoms with Crippen molar-refractivity contribution in [3.05, 3.63) is 0 Å². The fourth-order valence-corrected chi connectivity index (χ4v) is 0. The first-order valence-electron chi connectivity index (χ1n) is 1.55. The van der Waals surface area contributed by atoms with Crippen molar-refractivity contribution in [2.45, 2.75) is 13.0 Å². The number of rotatable bonds is 1. The third-order valence-electron chi connectivity index (χ3n) is 0.357. The van der Waals surface area contributed by atoms with E-state index in [0.29, 0.717) is 0 Å². The van der Waals surface area contributed by atoms with Crippen LogP contribution in [0.4, 0.5) is 0 Å². The Morgan fingerprint density at radius 2 is 1.75 bits per heavy atom. The van der Waals surface area contributed by atoms with Gasteiger partial charge in [0.05, 0.1) is 0 Å². The van der Waals surface area contributed by atoms with E-state index >= 15 is 0 Å². The van der Waals surface area contributed by atoms with Gasteiger partial charge < -0.3 is 17.4 Å². The number of aliphatic hydroxyl groups is 1. The molecule has 0 radical (unpaired) electrons. The Kier molecular flexibility index (Phi) is 13.5. The number of hydrogen-bond acceptors (Lipinski definition) is 4. The van der Waals surface area contributed by atoms with Crippen molar-refractivity contribution < 1.29 is 9.90 Å². The van der Waals surface area contributed by atoms with Crippen molar-refractivity contribution in [2.24, 2.45) is 0 Å². The van der Waals surface area contributed by atoms with Crippen molar-refractivity contribution in [2.75, 3.05) is 0 Å². The van der Waals surface area contributed by atoms with E-state index in [1.807, 2.05) is 0 Å². The van der Waals surface area contributed by atoms with Crippen LogP contribution in [0.25, 0.3) is 0 Å². The predicted molar refractivity (Wildman–Crippen MR) is 35.7 cm³/mol. The van der Waals surface area contributed by atoms with Gasteiger partial charge in [0.15, 0.2) is 0 Å². The van der Waals surface area contributed by atoms with Gasteiger partial charge in [0.1, 0.15) is 6.10 Å². The first-order valence-corrected chi connectivity index (χ1v) is 2.00. The molecule has 1 unspecified atom stereocenters. The van der Waals surface area contributed by atoms with Crippen LogP contribution in [0.2, 0.25) is 0 Å². The Balaban J connectivity index is -0.000000125. The SMILES string of the molecule is CC(O)C(=O)S.N.N. The summed E-state index contributed by atoms with van der Waals surface area (Å²) in [5.74, 6) is 0. The van der Waals surface area contributed by atoms with Gasteiger partial charge in [0, 0.05) is 0 Å². The normalized spacial score (nSPS) is 10.4. The number of aliphatic hydroxyl groups excluding tert-OH is 1. The summed E-state index contributed by atoms with van der Waals surface area (Å²) in [7, 11) is 0. The Morgan fingerprint density at radius 3 is 1.75 bits per heavy atom. The van der Waals surface area contributed by atoms with Crippen LogP contribution in [0.5, 0.6) is 0 Å². The van der Waals surface area contributed by atoms with E-state index in [2.05, 4.69) is 12.6 Å². The molecule has 52 valence electrons. The molecule has 0 aromatic rings. The Hall–Kier alpha value is -0.100. The number of carbonyl (C=O) groups is 1. The van der Waals surface area contributed by atoms with Crippen molar-refractivity contribution in [1.82, 2.24) is 12.3 Å². The quantitative estimate of drug-likeness (QED) is 0.389. The van der Waals surface area contributed by atoms with E-state index in [-0.39, 0.29) is 12.3 Å². The smallest absolute Gasteiger partial charge is 0.214 e. The maximum absolute atomic E-state index is 9.76. The topological polar surface area (TPSA) is 107 Å². The second-order valence-electron chi connectivity index (χ2n) is 1.01. The summed E-state index contributed by atoms with van der Waals surface area (Å²) in [6.07, 6.45) is -0.923. The third kappa shape index (κ3) is 9.31. The molecule has 0 saturated heterocycles. The Labute approximate surface area is 53.9 Å². The van der Waals surface area contributed by atoms with Gasteiger partial charge in [-0.25, -0.2) is 0 Å². The standard InChI is InChI=1S/C3H6O2S.2H3N/c1-2(4)3(5)6;;/h2,4H,1H3,(H,5,6);2*1H3. The molecule has 0 aromatic carbocycles. The monoisotopic (exact) mass is 140 g/mol. The Morgan fingerprint density at radius 1 is 1.62 bits per heavy atom. The molecule has 0 rings (SSSR count). The van der Waals surface area contributed by atoms with Crippen LogP contribution in [0, 0.1) is 0 Å². The Bertz CT molecular complexity index is 66.3. The van der Waals surface area contributed by atoms with Crippen LogP contribution in [0.1, 0.15) is 6.92 Å². The lowest BCUT2D eigenvalue weighted by Crippen LogP contribution is -2.07. The van der Waals surface area contributed by atoms with Gasteiger partial charge in [-0.2, -0.15) is 0 Å². The van der Waals surface area contributed by atoms with Crippen LogP contribution in [0.15, 0.2) is 0 Å². The zero-order valence-electron chi connectivity index (χ0n) is 4.79. The summed E-state index contributed by atoms with van der Waals surface area (Å²) in [6, 6.07) is 0. The molecule has 7 N–H and O–H groups in total. The molecule has 0 spiro atoms. The molecule has 1 atom stereocenters. The molecule has 0 amide bonds. The minimum absolute atomic E-state index is 0. The molecular formula is C3H12N2O2S. The molecule has 4 nitrogen and oxygen atoms in total. The minimum atomic E-state index is -0.923. The van der Waals surface area contributed by atoms with Gasteiger partial charge >= 0.3 is 0 Å². The molecule has 0 fully saturated rings. The van der Waals surface area contributed by atoms with Gasteiger partial charge in [0.25, 0.3) is 0 Å². The molecule has 0 saturated carbocycles. The molecule has 5 heteroatoms. The van der Waals surface area contributed by atoms with E-state index in [1.165, 1.54) is 6.92 Å². The lowest BCUT2D eigenvalue weighted by molar-refractivity contribution is -0.117. The summed E-state index contributed by atoms with van der Waals surface area (Å²) in [5, 5.41) is 7.71. The molecule has 0 aliphatic rings. The zero-order chi connectivity index (χ0) is 5.15. The summed E-state index contributed by atoms with van der Waals surface area (Å²) in [6.45, 7) is 1.37. The highest BCUT2D eigenvalue weighted by molar-refractivity contribution is 7.96. The molecule has 8 heavy (non-hydrogen) atoms. The molecule has 0 heterocycles. The predicted octanol–water partition coefficient (Wildman–Crippen LogP) is 0.148. The molecule has 0 aliphatic heterocycles. The fourth-order valence-electron chi connectivity index (χ4n) is 0. The van der Waals surface area contributed by atoms with E-state index in [1.54, 1.807) is 0 Å². The van der Waals surface area contributed by atoms with Crippen LogP contribution < -0.4 is 12.3 Å². The van der Waals surface area contributed by atoms with Crippen LogP contribution in [-0.4, -0.2) is 16.3 Å². The maximum Gasteiger partial charge on any atom is 0.214 e. The van der Waals surface area contributed by atoms with E-state index in [9.17, 15) is 4.79 Å². The van der Waals surface area contributed by atoms with Crippen LogP contribution in [0.3, 0.4) is 0 Å². The van der Waals surface area contributed by atoms with Gasteiger partial charge in [-0.15, -0.1) is 12.6 Å². The first kappa shape index (κ1) is 15.7. The van der Waals surface area contributed by atoms with Crippen molar-refractivity contribution >= 4 is 17.7 Å². The van der Waals surface area contributed by atoms with Crippen molar-refractivity contribution in [3.8, 4) is 0 Å². The van der Waals surface area contributed by atoms with Gasteiger partial charge in [-0.05, 0) is 6.92 Å². The highest BCUT2D eigenvalue weighted by atomic mass is 32.1. The second kappa shape index (κ2) is 6.90. The lowest BCUT2D eigenvalue weighted by atomic mass is 10.5. The van der Waals surface area contributed by atoms with Crippen LogP contribution in [-0.2, 0) is 4.79 Å². The highest BCUT2D eigenvalue weighted by Crippen LogP contribution is 1.84. The molecule has 0 aromatic heterocycles. The van der Waals surface area contributed by atoms with E-state index in [0.717, 1.165) is 0 Å². The largest absolute Gasteiger partial charge is 0.385 e. The minimum Gasteiger partial charge on any atom is -0.385 e. The average molecular weight is 140 g/mol. The van der Waals surface area contributed by atoms with Crippen LogP contribution >= 0.6 is 12.6 Å². The number of carbonyl (C=O) groups excluding carboxylic acids is 1. The second-order valence-corrected chi connectivity index (χ2v) is 1.45. The number of thiol groups is 1. The van der Waals surface area contributed by atoms with E-state index < -0.39 is 11.2 Å².